The molecule has 100 valence electrons. The van der Waals surface area contributed by atoms with E-state index in [0.717, 1.165) is 25.7 Å². The molecule has 0 aliphatic heterocycles. The predicted molar refractivity (Wildman–Crippen MR) is 67.9 cm³/mol. The van der Waals surface area contributed by atoms with Gasteiger partial charge in [0.15, 0.2) is 0 Å². The molecule has 1 aliphatic rings. The van der Waals surface area contributed by atoms with Crippen molar-refractivity contribution in [1.29, 1.82) is 0 Å². The van der Waals surface area contributed by atoms with Gasteiger partial charge in [-0.1, -0.05) is 39.0 Å². The second-order valence-corrected chi connectivity index (χ2v) is 5.44. The van der Waals surface area contributed by atoms with Gasteiger partial charge in [-0.15, -0.1) is 0 Å². The molecule has 0 aromatic heterocycles. The van der Waals surface area contributed by atoms with E-state index in [9.17, 15) is 9.90 Å². The van der Waals surface area contributed by atoms with Gasteiger partial charge in [0.2, 0.25) is 0 Å². The highest BCUT2D eigenvalue weighted by Gasteiger charge is 2.35. The molecule has 0 bridgehead atoms. The van der Waals surface area contributed by atoms with Crippen LogP contribution in [0.2, 0.25) is 0 Å². The molecule has 3 nitrogen and oxygen atoms in total. The van der Waals surface area contributed by atoms with Gasteiger partial charge in [-0.3, -0.25) is 4.79 Å². The van der Waals surface area contributed by atoms with Crippen LogP contribution in [0.15, 0.2) is 0 Å². The van der Waals surface area contributed by atoms with Crippen LogP contribution in [0.1, 0.15) is 71.1 Å². The fourth-order valence-electron chi connectivity index (χ4n) is 3.11. The first-order chi connectivity index (χ1) is 8.08. The number of carboxylic acids is 1. The Bertz CT molecular complexity index is 232. The Hall–Kier alpha value is -0.570. The third kappa shape index (κ3) is 4.66. The van der Waals surface area contributed by atoms with Crippen molar-refractivity contribution in [3.8, 4) is 0 Å². The fraction of sp³-hybridized carbons (Fsp3) is 0.929. The second kappa shape index (κ2) is 7.00. The summed E-state index contributed by atoms with van der Waals surface area (Å²) in [5, 5.41) is 19.5. The number of hydrogen-bond donors (Lipinski definition) is 2. The quantitative estimate of drug-likeness (QED) is 0.702. The molecule has 0 aromatic rings. The first-order valence-corrected chi connectivity index (χ1v) is 7.02. The lowest BCUT2D eigenvalue weighted by Gasteiger charge is -2.36. The Balaban J connectivity index is 2.62. The van der Waals surface area contributed by atoms with E-state index >= 15 is 0 Å². The zero-order valence-corrected chi connectivity index (χ0v) is 11.0. The molecule has 17 heavy (non-hydrogen) atoms. The van der Waals surface area contributed by atoms with Gasteiger partial charge in [0.05, 0.1) is 5.60 Å². The number of carbonyl (C=O) groups is 1. The molecule has 0 amide bonds. The summed E-state index contributed by atoms with van der Waals surface area (Å²) in [6.07, 6.45) is 9.19. The maximum Gasteiger partial charge on any atom is 0.303 e. The summed E-state index contributed by atoms with van der Waals surface area (Å²) in [6.45, 7) is 2.06. The summed E-state index contributed by atoms with van der Waals surface area (Å²) < 4.78 is 0. The largest absolute Gasteiger partial charge is 0.481 e. The van der Waals surface area contributed by atoms with Crippen LogP contribution in [0.3, 0.4) is 0 Å². The molecule has 1 aliphatic carbocycles. The van der Waals surface area contributed by atoms with Crippen LogP contribution in [0, 0.1) is 5.92 Å². The molecule has 0 heterocycles. The Morgan fingerprint density at radius 1 is 1.18 bits per heavy atom. The van der Waals surface area contributed by atoms with E-state index in [1.54, 1.807) is 0 Å². The highest BCUT2D eigenvalue weighted by Crippen LogP contribution is 2.37. The van der Waals surface area contributed by atoms with Gasteiger partial charge < -0.3 is 10.2 Å². The second-order valence-electron chi connectivity index (χ2n) is 5.44. The molecule has 1 saturated carbocycles. The van der Waals surface area contributed by atoms with Gasteiger partial charge in [0.25, 0.3) is 0 Å². The number of hydrogen-bond acceptors (Lipinski definition) is 2. The molecule has 1 rings (SSSR count). The summed E-state index contributed by atoms with van der Waals surface area (Å²) in [5.74, 6) is -0.488. The summed E-state index contributed by atoms with van der Waals surface area (Å²) in [4.78, 5) is 10.7. The van der Waals surface area contributed by atoms with Crippen LogP contribution in [0.4, 0.5) is 0 Å². The van der Waals surface area contributed by atoms with Gasteiger partial charge in [0, 0.05) is 6.42 Å². The average Bonchev–Trinajstić information content (AvgIpc) is 2.55. The highest BCUT2D eigenvalue weighted by molar-refractivity contribution is 5.66. The average molecular weight is 242 g/mol. The molecule has 3 heteroatoms. The number of aliphatic hydroxyl groups is 1. The lowest BCUT2D eigenvalue weighted by atomic mass is 9.76. The van der Waals surface area contributed by atoms with Crippen molar-refractivity contribution >= 4 is 5.97 Å². The molecule has 1 unspecified atom stereocenters. The fourth-order valence-corrected chi connectivity index (χ4v) is 3.11. The molecular weight excluding hydrogens is 216 g/mol. The molecule has 0 radical (unpaired) electrons. The number of rotatable bonds is 6. The highest BCUT2D eigenvalue weighted by atomic mass is 16.4. The lowest BCUT2D eigenvalue weighted by Crippen LogP contribution is -2.38. The molecular formula is C14H26O3. The summed E-state index contributed by atoms with van der Waals surface area (Å²) in [5.41, 5.74) is -0.739. The Labute approximate surface area is 104 Å². The van der Waals surface area contributed by atoms with E-state index in [2.05, 4.69) is 6.92 Å². The smallest absolute Gasteiger partial charge is 0.303 e. The minimum absolute atomic E-state index is 0.0903. The third-order valence-electron chi connectivity index (χ3n) is 4.07. The van der Waals surface area contributed by atoms with E-state index in [1.165, 1.54) is 25.7 Å². The van der Waals surface area contributed by atoms with E-state index in [-0.39, 0.29) is 6.42 Å². The van der Waals surface area contributed by atoms with Crippen molar-refractivity contribution in [2.24, 2.45) is 5.92 Å². The number of aliphatic carboxylic acids is 1. The molecule has 2 N–H and O–H groups in total. The molecule has 0 aromatic carbocycles. The van der Waals surface area contributed by atoms with Crippen LogP contribution in [-0.4, -0.2) is 21.8 Å². The van der Waals surface area contributed by atoms with E-state index in [4.69, 9.17) is 5.11 Å². The first-order valence-electron chi connectivity index (χ1n) is 7.02. The molecule has 0 saturated heterocycles. The van der Waals surface area contributed by atoms with Gasteiger partial charge >= 0.3 is 5.97 Å². The minimum atomic E-state index is -0.798. The van der Waals surface area contributed by atoms with Crippen LogP contribution >= 0.6 is 0 Å². The first kappa shape index (κ1) is 14.5. The van der Waals surface area contributed by atoms with E-state index < -0.39 is 11.6 Å². The Kier molecular flexibility index (Phi) is 5.96. The van der Waals surface area contributed by atoms with Crippen molar-refractivity contribution in [2.45, 2.75) is 76.7 Å². The monoisotopic (exact) mass is 242 g/mol. The molecule has 0 spiro atoms. The van der Waals surface area contributed by atoms with Crippen molar-refractivity contribution < 1.29 is 15.0 Å². The third-order valence-corrected chi connectivity index (χ3v) is 4.07. The van der Waals surface area contributed by atoms with Crippen LogP contribution in [0.5, 0.6) is 0 Å². The van der Waals surface area contributed by atoms with Crippen molar-refractivity contribution in [3.63, 3.8) is 0 Å². The SMILES string of the molecule is CCCC(O)(CCC(=O)O)C1CCCCCC1. The van der Waals surface area contributed by atoms with E-state index in [1.807, 2.05) is 0 Å². The Morgan fingerprint density at radius 2 is 1.76 bits per heavy atom. The summed E-state index contributed by atoms with van der Waals surface area (Å²) in [7, 11) is 0. The normalized spacial score (nSPS) is 21.8. The standard InChI is InChI=1S/C14H26O3/c1-2-10-14(17,11-9-13(15)16)12-7-5-3-4-6-8-12/h12,17H,2-11H2,1H3,(H,15,16). The van der Waals surface area contributed by atoms with Crippen molar-refractivity contribution in [1.82, 2.24) is 0 Å². The van der Waals surface area contributed by atoms with Crippen LogP contribution in [0.25, 0.3) is 0 Å². The summed E-state index contributed by atoms with van der Waals surface area (Å²) in [6, 6.07) is 0. The molecule has 1 atom stereocenters. The maximum atomic E-state index is 10.7. The number of carboxylic acid groups (broad SMARTS) is 1. The van der Waals surface area contributed by atoms with Crippen molar-refractivity contribution in [3.05, 3.63) is 0 Å². The van der Waals surface area contributed by atoms with E-state index in [0.29, 0.717) is 12.3 Å². The van der Waals surface area contributed by atoms with Gasteiger partial charge in [-0.05, 0) is 31.6 Å². The zero-order chi connectivity index (χ0) is 12.7. The Morgan fingerprint density at radius 3 is 2.24 bits per heavy atom. The van der Waals surface area contributed by atoms with Gasteiger partial charge in [-0.2, -0.15) is 0 Å². The van der Waals surface area contributed by atoms with Crippen LogP contribution in [-0.2, 0) is 4.79 Å². The lowest BCUT2D eigenvalue weighted by molar-refractivity contribution is -0.139. The zero-order valence-electron chi connectivity index (χ0n) is 11.0. The maximum absolute atomic E-state index is 10.7. The topological polar surface area (TPSA) is 57.5 Å². The van der Waals surface area contributed by atoms with Gasteiger partial charge in [0.1, 0.15) is 0 Å². The minimum Gasteiger partial charge on any atom is -0.481 e. The molecule has 1 fully saturated rings. The van der Waals surface area contributed by atoms with Gasteiger partial charge in [-0.25, -0.2) is 0 Å². The summed E-state index contributed by atoms with van der Waals surface area (Å²) >= 11 is 0. The van der Waals surface area contributed by atoms with Crippen molar-refractivity contribution in [2.75, 3.05) is 0 Å². The predicted octanol–water partition coefficient (Wildman–Crippen LogP) is 3.35. The van der Waals surface area contributed by atoms with Crippen LogP contribution < -0.4 is 0 Å².